The van der Waals surface area contributed by atoms with Crippen LogP contribution in [-0.4, -0.2) is 43.2 Å². The third-order valence-corrected chi connectivity index (χ3v) is 6.42. The highest BCUT2D eigenvalue weighted by Gasteiger charge is 2.13. The van der Waals surface area contributed by atoms with Gasteiger partial charge < -0.3 is 14.0 Å². The van der Waals surface area contributed by atoms with Crippen molar-refractivity contribution in [2.24, 2.45) is 0 Å². The summed E-state index contributed by atoms with van der Waals surface area (Å²) in [5, 5.41) is 8.04. The van der Waals surface area contributed by atoms with E-state index in [-0.39, 0.29) is 0 Å². The van der Waals surface area contributed by atoms with E-state index < -0.39 is 35.2 Å². The number of carbonyl (C=O) groups excluding carboxylic acids is 1. The minimum Gasteiger partial charge on any atom is -0.481 e. The van der Waals surface area contributed by atoms with E-state index in [4.69, 9.17) is 14.4 Å². The monoisotopic (exact) mass is 552 g/mol. The molecule has 0 aliphatic heterocycles. The number of carboxylic acids is 1. The van der Waals surface area contributed by atoms with Crippen LogP contribution in [0.25, 0.3) is 0 Å². The van der Waals surface area contributed by atoms with Gasteiger partial charge in [0.25, 0.3) is 0 Å². The van der Waals surface area contributed by atoms with E-state index in [0.29, 0.717) is 0 Å². The standard InChI is InChI=1S/C24H50O.C4H6O7S/c1-3-5-7-9-11-13-15-17-19-21-23-25-24-22-20-18-16-14-12-10-8-6-4-2;5-3(6)1-2-4(7)11-12(8,9)10/h3-24H2,1-2H3;1-2H2,(H,5,6)(H,8,9,10). The number of hydrogen-bond acceptors (Lipinski definition) is 6. The lowest BCUT2D eigenvalue weighted by molar-refractivity contribution is -0.142. The summed E-state index contributed by atoms with van der Waals surface area (Å²) in [7, 11) is -4.81. The lowest BCUT2D eigenvalue weighted by atomic mass is 10.1. The SMILES string of the molecule is CCCCCCCCCCCCOCCCCCCCCCCCC.O=C(O)CCC(=O)OS(=O)(=O)O. The Morgan fingerprint density at radius 2 is 0.892 bits per heavy atom. The normalized spacial score (nSPS) is 11.1. The van der Waals surface area contributed by atoms with E-state index in [1.165, 1.54) is 128 Å². The second-order valence-corrected chi connectivity index (χ2v) is 10.8. The maximum Gasteiger partial charge on any atom is 0.448 e. The third-order valence-electron chi connectivity index (χ3n) is 6.03. The molecule has 0 aromatic rings. The van der Waals surface area contributed by atoms with E-state index in [9.17, 15) is 18.0 Å². The van der Waals surface area contributed by atoms with Crippen molar-refractivity contribution < 1.29 is 36.6 Å². The van der Waals surface area contributed by atoms with Crippen LogP contribution in [0, 0.1) is 0 Å². The first-order valence-electron chi connectivity index (χ1n) is 14.7. The van der Waals surface area contributed by atoms with Gasteiger partial charge in [-0.1, -0.05) is 129 Å². The molecule has 2 N–H and O–H groups in total. The van der Waals surface area contributed by atoms with Crippen LogP contribution in [0.5, 0.6) is 0 Å². The highest BCUT2D eigenvalue weighted by molar-refractivity contribution is 7.81. The van der Waals surface area contributed by atoms with Crippen LogP contribution in [0.15, 0.2) is 0 Å². The average Bonchev–Trinajstić information content (AvgIpc) is 2.83. The molecule has 0 rings (SSSR count). The van der Waals surface area contributed by atoms with Crippen molar-refractivity contribution in [1.29, 1.82) is 0 Å². The van der Waals surface area contributed by atoms with Gasteiger partial charge in [-0.05, 0) is 12.8 Å². The van der Waals surface area contributed by atoms with Crippen molar-refractivity contribution >= 4 is 22.3 Å². The molecular weight excluding hydrogens is 496 g/mol. The first-order valence-corrected chi connectivity index (χ1v) is 16.1. The molecule has 8 nitrogen and oxygen atoms in total. The molecule has 0 saturated carbocycles. The summed E-state index contributed by atoms with van der Waals surface area (Å²) in [6.45, 7) is 6.57. The first-order chi connectivity index (χ1) is 17.7. The van der Waals surface area contributed by atoms with Crippen molar-refractivity contribution in [2.45, 2.75) is 155 Å². The summed E-state index contributed by atoms with van der Waals surface area (Å²) >= 11 is 0. The maximum absolute atomic E-state index is 10.3. The van der Waals surface area contributed by atoms with Crippen molar-refractivity contribution in [2.75, 3.05) is 13.2 Å². The molecule has 0 aromatic heterocycles. The molecule has 222 valence electrons. The van der Waals surface area contributed by atoms with Gasteiger partial charge in [0.2, 0.25) is 0 Å². The Labute approximate surface area is 227 Å². The summed E-state index contributed by atoms with van der Waals surface area (Å²) < 4.78 is 36.8. The molecule has 0 heterocycles. The van der Waals surface area contributed by atoms with Gasteiger partial charge in [0.15, 0.2) is 0 Å². The average molecular weight is 553 g/mol. The second kappa shape index (κ2) is 29.4. The Bertz CT molecular complexity index is 585. The number of rotatable bonds is 26. The van der Waals surface area contributed by atoms with Crippen molar-refractivity contribution in [3.8, 4) is 0 Å². The molecule has 37 heavy (non-hydrogen) atoms. The number of aliphatic carboxylic acids is 1. The molecule has 0 unspecified atom stereocenters. The van der Waals surface area contributed by atoms with Crippen molar-refractivity contribution in [3.05, 3.63) is 0 Å². The molecule has 0 amide bonds. The summed E-state index contributed by atoms with van der Waals surface area (Å²) in [6, 6.07) is 0. The van der Waals surface area contributed by atoms with Crippen molar-refractivity contribution in [1.82, 2.24) is 0 Å². The zero-order valence-electron chi connectivity index (χ0n) is 23.7. The predicted molar refractivity (Wildman–Crippen MR) is 149 cm³/mol. The molecule has 0 saturated heterocycles. The Kier molecular flexibility index (Phi) is 30.1. The minimum absolute atomic E-state index is 0.547. The zero-order valence-corrected chi connectivity index (χ0v) is 24.5. The molecular formula is C28H56O8S. The van der Waals surface area contributed by atoms with E-state index in [2.05, 4.69) is 18.0 Å². The largest absolute Gasteiger partial charge is 0.481 e. The van der Waals surface area contributed by atoms with Gasteiger partial charge in [-0.15, -0.1) is 0 Å². The molecule has 0 atom stereocenters. The Morgan fingerprint density at radius 1 is 0.568 bits per heavy atom. The molecule has 0 radical (unpaired) electrons. The molecule has 0 bridgehead atoms. The molecule has 0 aliphatic rings. The smallest absolute Gasteiger partial charge is 0.448 e. The third kappa shape index (κ3) is 39.5. The van der Waals surface area contributed by atoms with Crippen LogP contribution in [0.1, 0.15) is 155 Å². The fraction of sp³-hybridized carbons (Fsp3) is 0.929. The summed E-state index contributed by atoms with van der Waals surface area (Å²) in [6.07, 6.45) is 27.0. The molecule has 0 fully saturated rings. The molecule has 0 aliphatic carbocycles. The fourth-order valence-corrected chi connectivity index (χ4v) is 4.17. The first kappa shape index (κ1) is 38.0. The topological polar surface area (TPSA) is 127 Å². The van der Waals surface area contributed by atoms with E-state index >= 15 is 0 Å². The van der Waals surface area contributed by atoms with Gasteiger partial charge in [-0.2, -0.15) is 8.42 Å². The number of ether oxygens (including phenoxy) is 1. The highest BCUT2D eigenvalue weighted by Crippen LogP contribution is 2.12. The Morgan fingerprint density at radius 3 is 1.19 bits per heavy atom. The van der Waals surface area contributed by atoms with Gasteiger partial charge in [-0.3, -0.25) is 14.1 Å². The lowest BCUT2D eigenvalue weighted by Crippen LogP contribution is -2.12. The van der Waals surface area contributed by atoms with Crippen LogP contribution in [0.4, 0.5) is 0 Å². The van der Waals surface area contributed by atoms with E-state index in [0.717, 1.165) is 13.2 Å². The van der Waals surface area contributed by atoms with Crippen LogP contribution in [0.2, 0.25) is 0 Å². The lowest BCUT2D eigenvalue weighted by Gasteiger charge is -2.05. The summed E-state index contributed by atoms with van der Waals surface area (Å²) in [5.74, 6) is -2.57. The summed E-state index contributed by atoms with van der Waals surface area (Å²) in [5.41, 5.74) is 0. The number of carbonyl (C=O) groups is 2. The second-order valence-electron chi connectivity index (χ2n) is 9.75. The summed E-state index contributed by atoms with van der Waals surface area (Å²) in [4.78, 5) is 20.2. The number of hydrogen-bond donors (Lipinski definition) is 2. The van der Waals surface area contributed by atoms with Gasteiger partial charge in [0.05, 0.1) is 12.8 Å². The van der Waals surface area contributed by atoms with E-state index in [1.807, 2.05) is 0 Å². The van der Waals surface area contributed by atoms with Gasteiger partial charge >= 0.3 is 22.3 Å². The fourth-order valence-electron chi connectivity index (χ4n) is 3.85. The van der Waals surface area contributed by atoms with Gasteiger partial charge in [0, 0.05) is 13.2 Å². The molecule has 9 heteroatoms. The van der Waals surface area contributed by atoms with Gasteiger partial charge in [0.1, 0.15) is 0 Å². The Balaban J connectivity index is 0. The van der Waals surface area contributed by atoms with Crippen LogP contribution >= 0.6 is 0 Å². The van der Waals surface area contributed by atoms with Crippen LogP contribution < -0.4 is 0 Å². The van der Waals surface area contributed by atoms with Crippen LogP contribution in [-0.2, 0) is 28.9 Å². The number of carboxylic acid groups (broad SMARTS) is 1. The molecule has 0 spiro atoms. The van der Waals surface area contributed by atoms with Crippen molar-refractivity contribution in [3.63, 3.8) is 0 Å². The van der Waals surface area contributed by atoms with E-state index in [1.54, 1.807) is 0 Å². The minimum atomic E-state index is -4.81. The quantitative estimate of drug-likeness (QED) is 0.0815. The maximum atomic E-state index is 10.3. The van der Waals surface area contributed by atoms with Crippen LogP contribution in [0.3, 0.4) is 0 Å². The molecule has 0 aromatic carbocycles. The van der Waals surface area contributed by atoms with Gasteiger partial charge in [-0.25, -0.2) is 0 Å². The Hall–Kier alpha value is -1.19. The zero-order chi connectivity index (χ0) is 28.0. The predicted octanol–water partition coefficient (Wildman–Crippen LogP) is 8.04. The number of unbranched alkanes of at least 4 members (excludes halogenated alkanes) is 18. The highest BCUT2D eigenvalue weighted by atomic mass is 32.3.